The Morgan fingerprint density at radius 1 is 1.11 bits per heavy atom. The number of halogens is 1. The number of aliphatic imine (C=N–C) groups is 1. The Hall–Kier alpha value is -0.0800. The smallest absolute Gasteiger partial charge is 0.194 e. The van der Waals surface area contributed by atoms with Crippen LogP contribution in [0.25, 0.3) is 0 Å². The van der Waals surface area contributed by atoms with Crippen LogP contribution in [-0.4, -0.2) is 62.5 Å². The fourth-order valence-electron chi connectivity index (χ4n) is 6.76. The number of hydrogen-bond donors (Lipinski definition) is 1. The van der Waals surface area contributed by atoms with E-state index in [4.69, 9.17) is 14.5 Å². The van der Waals surface area contributed by atoms with Crippen LogP contribution in [-0.2, 0) is 9.47 Å². The third kappa shape index (κ3) is 3.31. The molecule has 2 aliphatic carbocycles. The first-order chi connectivity index (χ1) is 12.8. The van der Waals surface area contributed by atoms with E-state index in [9.17, 15) is 0 Å². The quantitative estimate of drug-likeness (QED) is 0.367. The van der Waals surface area contributed by atoms with E-state index < -0.39 is 0 Å². The standard InChI is InChI=1S/C21H35N3O2.HI/c1-2-22-19(24-11-8-20(15-24)9-13-25-14-10-20)23-17-16-5-12-26-18(16)21(17)6-3-4-7-21;/h16-18H,2-15H2,1H3,(H,22,23);1H. The Balaban J connectivity index is 0.00000180. The van der Waals surface area contributed by atoms with Gasteiger partial charge in [-0.1, -0.05) is 12.8 Å². The molecule has 0 aromatic heterocycles. The van der Waals surface area contributed by atoms with Crippen molar-refractivity contribution in [2.45, 2.75) is 70.4 Å². The van der Waals surface area contributed by atoms with Crippen molar-refractivity contribution in [2.75, 3.05) is 39.5 Å². The van der Waals surface area contributed by atoms with Gasteiger partial charge in [0, 0.05) is 56.8 Å². The lowest BCUT2D eigenvalue weighted by Crippen LogP contribution is -2.69. The van der Waals surface area contributed by atoms with Crippen molar-refractivity contribution in [1.82, 2.24) is 10.2 Å². The molecule has 154 valence electrons. The van der Waals surface area contributed by atoms with Gasteiger partial charge in [-0.3, -0.25) is 4.99 Å². The molecule has 5 fully saturated rings. The van der Waals surface area contributed by atoms with E-state index in [1.54, 1.807) is 0 Å². The van der Waals surface area contributed by atoms with E-state index in [0.717, 1.165) is 39.5 Å². The molecule has 0 aromatic rings. The first-order valence-electron chi connectivity index (χ1n) is 11.0. The Morgan fingerprint density at radius 3 is 2.63 bits per heavy atom. The molecule has 3 saturated heterocycles. The summed E-state index contributed by atoms with van der Waals surface area (Å²) in [6.45, 7) is 8.17. The molecular weight excluding hydrogens is 453 g/mol. The highest BCUT2D eigenvalue weighted by Crippen LogP contribution is 2.60. The summed E-state index contributed by atoms with van der Waals surface area (Å²) in [4.78, 5) is 7.49. The fraction of sp³-hybridized carbons (Fsp3) is 0.952. The molecule has 3 unspecified atom stereocenters. The van der Waals surface area contributed by atoms with Crippen molar-refractivity contribution < 1.29 is 9.47 Å². The van der Waals surface area contributed by atoms with Crippen molar-refractivity contribution in [1.29, 1.82) is 0 Å². The predicted octanol–water partition coefficient (Wildman–Crippen LogP) is 3.42. The van der Waals surface area contributed by atoms with Crippen LogP contribution >= 0.6 is 24.0 Å². The molecular formula is C21H36IN3O2. The Bertz CT molecular complexity index is 558. The van der Waals surface area contributed by atoms with E-state index in [1.165, 1.54) is 57.3 Å². The Morgan fingerprint density at radius 2 is 1.89 bits per heavy atom. The molecule has 1 N–H and O–H groups in total. The SMILES string of the molecule is CCN=C(NC1C2CCOC2C12CCCC2)N1CCC2(CCOCC2)C1.I. The summed E-state index contributed by atoms with van der Waals surface area (Å²) in [5, 5.41) is 3.99. The van der Waals surface area contributed by atoms with Crippen LogP contribution < -0.4 is 5.32 Å². The monoisotopic (exact) mass is 489 g/mol. The number of likely N-dealkylation sites (tertiary alicyclic amines) is 1. The van der Waals surface area contributed by atoms with Gasteiger partial charge in [-0.25, -0.2) is 0 Å². The molecule has 5 rings (SSSR count). The van der Waals surface area contributed by atoms with Crippen LogP contribution in [0, 0.1) is 16.7 Å². The molecule has 2 spiro atoms. The Labute approximate surface area is 181 Å². The van der Waals surface area contributed by atoms with Gasteiger partial charge < -0.3 is 19.7 Å². The molecule has 0 bridgehead atoms. The van der Waals surface area contributed by atoms with Gasteiger partial charge in [0.05, 0.1) is 6.10 Å². The first-order valence-corrected chi connectivity index (χ1v) is 11.0. The minimum absolute atomic E-state index is 0. The van der Waals surface area contributed by atoms with Crippen molar-refractivity contribution in [3.8, 4) is 0 Å². The van der Waals surface area contributed by atoms with Crippen LogP contribution in [0.5, 0.6) is 0 Å². The molecule has 0 amide bonds. The lowest BCUT2D eigenvalue weighted by Gasteiger charge is -2.57. The van der Waals surface area contributed by atoms with Crippen LogP contribution in [0.3, 0.4) is 0 Å². The number of ether oxygens (including phenoxy) is 2. The molecule has 27 heavy (non-hydrogen) atoms. The summed E-state index contributed by atoms with van der Waals surface area (Å²) in [5.41, 5.74) is 0.865. The highest BCUT2D eigenvalue weighted by atomic mass is 127. The molecule has 3 heterocycles. The lowest BCUT2D eigenvalue weighted by atomic mass is 9.54. The number of hydrogen-bond acceptors (Lipinski definition) is 3. The van der Waals surface area contributed by atoms with Gasteiger partial charge in [0.1, 0.15) is 0 Å². The maximum absolute atomic E-state index is 6.17. The van der Waals surface area contributed by atoms with Crippen LogP contribution in [0.4, 0.5) is 0 Å². The normalized spacial score (nSPS) is 36.6. The van der Waals surface area contributed by atoms with Crippen LogP contribution in [0.15, 0.2) is 4.99 Å². The third-order valence-corrected chi connectivity index (χ3v) is 8.17. The highest BCUT2D eigenvalue weighted by Gasteiger charge is 2.65. The summed E-state index contributed by atoms with van der Waals surface area (Å²) in [6, 6.07) is 0.578. The van der Waals surface area contributed by atoms with E-state index >= 15 is 0 Å². The van der Waals surface area contributed by atoms with Crippen molar-refractivity contribution in [3.05, 3.63) is 0 Å². The second-order valence-electron chi connectivity index (χ2n) is 9.39. The molecule has 0 aromatic carbocycles. The number of rotatable bonds is 2. The largest absolute Gasteiger partial charge is 0.381 e. The Kier molecular flexibility index (Phi) is 5.97. The summed E-state index contributed by atoms with van der Waals surface area (Å²) in [7, 11) is 0. The molecule has 6 heteroatoms. The average Bonchev–Trinajstić information content (AvgIpc) is 3.38. The van der Waals surface area contributed by atoms with Gasteiger partial charge in [0.25, 0.3) is 0 Å². The highest BCUT2D eigenvalue weighted by molar-refractivity contribution is 14.0. The number of guanidine groups is 1. The molecule has 3 aliphatic heterocycles. The molecule has 5 nitrogen and oxygen atoms in total. The van der Waals surface area contributed by atoms with Crippen molar-refractivity contribution >= 4 is 29.9 Å². The number of nitrogens with one attached hydrogen (secondary N) is 1. The minimum Gasteiger partial charge on any atom is -0.381 e. The van der Waals surface area contributed by atoms with E-state index in [2.05, 4.69) is 17.1 Å². The van der Waals surface area contributed by atoms with Crippen molar-refractivity contribution in [3.63, 3.8) is 0 Å². The summed E-state index contributed by atoms with van der Waals surface area (Å²) >= 11 is 0. The molecule has 0 radical (unpaired) electrons. The van der Waals surface area contributed by atoms with E-state index in [1.807, 2.05) is 0 Å². The molecule has 5 aliphatic rings. The lowest BCUT2D eigenvalue weighted by molar-refractivity contribution is -0.125. The fourth-order valence-corrected chi connectivity index (χ4v) is 6.76. The predicted molar refractivity (Wildman–Crippen MR) is 118 cm³/mol. The van der Waals surface area contributed by atoms with E-state index in [0.29, 0.717) is 28.9 Å². The second-order valence-corrected chi connectivity index (χ2v) is 9.39. The minimum atomic E-state index is 0. The van der Waals surface area contributed by atoms with Crippen molar-refractivity contribution in [2.24, 2.45) is 21.7 Å². The van der Waals surface area contributed by atoms with E-state index in [-0.39, 0.29) is 24.0 Å². The molecule has 2 saturated carbocycles. The van der Waals surface area contributed by atoms with Crippen LogP contribution in [0.1, 0.15) is 58.3 Å². The van der Waals surface area contributed by atoms with Gasteiger partial charge in [-0.15, -0.1) is 24.0 Å². The van der Waals surface area contributed by atoms with Gasteiger partial charge >= 0.3 is 0 Å². The second kappa shape index (κ2) is 7.98. The van der Waals surface area contributed by atoms with Crippen LogP contribution in [0.2, 0.25) is 0 Å². The summed E-state index contributed by atoms with van der Waals surface area (Å²) in [5.74, 6) is 1.88. The zero-order valence-corrected chi connectivity index (χ0v) is 19.1. The summed E-state index contributed by atoms with van der Waals surface area (Å²) < 4.78 is 11.8. The average molecular weight is 489 g/mol. The molecule has 3 atom stereocenters. The zero-order chi connectivity index (χ0) is 17.6. The topological polar surface area (TPSA) is 46.1 Å². The zero-order valence-electron chi connectivity index (χ0n) is 16.8. The maximum Gasteiger partial charge on any atom is 0.194 e. The summed E-state index contributed by atoms with van der Waals surface area (Å²) in [6.07, 6.45) is 10.9. The number of nitrogens with zero attached hydrogens (tertiary/aromatic N) is 2. The van der Waals surface area contributed by atoms with Gasteiger partial charge in [0.2, 0.25) is 0 Å². The van der Waals surface area contributed by atoms with Gasteiger partial charge in [0.15, 0.2) is 5.96 Å². The first kappa shape index (κ1) is 20.2. The van der Waals surface area contributed by atoms with Gasteiger partial charge in [-0.2, -0.15) is 0 Å². The van der Waals surface area contributed by atoms with Gasteiger partial charge in [-0.05, 0) is 50.9 Å². The number of fused-ring (bicyclic) bond motifs is 2. The third-order valence-electron chi connectivity index (χ3n) is 8.17. The maximum atomic E-state index is 6.17.